The molecule has 0 spiro atoms. The van der Waals surface area contributed by atoms with Crippen LogP contribution in [0.3, 0.4) is 0 Å². The second-order valence-corrected chi connectivity index (χ2v) is 16.4. The van der Waals surface area contributed by atoms with Crippen molar-refractivity contribution in [2.24, 2.45) is 0 Å². The molecular formula is C33H37FN5O7PS. The first-order valence-electron chi connectivity index (χ1n) is 16.5. The monoisotopic (exact) mass is 697 g/mol. The number of rotatable bonds is 7. The van der Waals surface area contributed by atoms with Crippen LogP contribution in [-0.2, 0) is 18.9 Å². The summed E-state index contributed by atoms with van der Waals surface area (Å²) in [5.41, 5.74) is 2.14. The second-order valence-electron chi connectivity index (χ2n) is 13.7. The molecule has 3 aromatic rings. The molecule has 3 N–H and O–H groups in total. The number of carbonyl (C=O) groups excluding carboxylic acids is 3. The standard InChI is InChI=1S/C33H37FN5O7PS/c34-30(47(43,44)45)18-4-7-28-19(10-18)11-29(48-28)31(40)36-25-3-1-2-21-5-6-27(39(21)32(25)41)33(42)38-14-20(15-38)24-13-35-9-8-26(24)37-16-22-12-23(17-37)46-22/h4,7-11,13,20-23,25,27,30H,1-3,5-6,12,14-17H2,(H,36,40)(H2,43,44,45)/t21-,22?,23?,25-,27-,30?/m0/s1. The Bertz CT molecular complexity index is 1810. The van der Waals surface area contributed by atoms with Crippen LogP contribution in [0.15, 0.2) is 42.7 Å². The predicted octanol–water partition coefficient (Wildman–Crippen LogP) is 3.69. The third-order valence-corrected chi connectivity index (χ3v) is 12.6. The fourth-order valence-electron chi connectivity index (χ4n) is 8.10. The fourth-order valence-corrected chi connectivity index (χ4v) is 9.60. The molecule has 3 amide bonds. The molecule has 12 nitrogen and oxygen atoms in total. The van der Waals surface area contributed by atoms with Crippen LogP contribution >= 0.6 is 18.9 Å². The lowest BCUT2D eigenvalue weighted by atomic mass is 9.89. The summed E-state index contributed by atoms with van der Waals surface area (Å²) in [6.07, 6.45) is 8.69. The molecule has 15 heteroatoms. The number of morpholine rings is 1. The summed E-state index contributed by atoms with van der Waals surface area (Å²) in [5.74, 6) is -3.04. The Labute approximate surface area is 280 Å². The maximum atomic E-state index is 14.3. The second kappa shape index (κ2) is 12.2. The molecule has 1 aromatic carbocycles. The first-order chi connectivity index (χ1) is 23.0. The first kappa shape index (κ1) is 31.8. The molecule has 48 heavy (non-hydrogen) atoms. The summed E-state index contributed by atoms with van der Waals surface area (Å²) in [6.45, 7) is 2.87. The molecule has 3 unspecified atom stereocenters. The van der Waals surface area contributed by atoms with E-state index in [2.05, 4.69) is 21.3 Å². The van der Waals surface area contributed by atoms with Crippen LogP contribution in [0.25, 0.3) is 10.1 Å². The molecule has 6 aliphatic rings. The molecule has 0 aliphatic carbocycles. The highest BCUT2D eigenvalue weighted by Crippen LogP contribution is 2.53. The molecule has 8 heterocycles. The molecule has 6 saturated heterocycles. The van der Waals surface area contributed by atoms with Crippen molar-refractivity contribution < 1.29 is 37.9 Å². The molecule has 6 fully saturated rings. The Morgan fingerprint density at radius 2 is 1.83 bits per heavy atom. The number of amides is 3. The number of piperidine rings is 1. The number of aromatic nitrogens is 1. The van der Waals surface area contributed by atoms with Crippen LogP contribution < -0.4 is 10.2 Å². The molecule has 2 bridgehead atoms. The minimum Gasteiger partial charge on any atom is -0.371 e. The van der Waals surface area contributed by atoms with Gasteiger partial charge in [0.15, 0.2) is 0 Å². The molecule has 6 aliphatic heterocycles. The molecule has 2 aromatic heterocycles. The van der Waals surface area contributed by atoms with Crippen LogP contribution in [0.5, 0.6) is 0 Å². The maximum absolute atomic E-state index is 14.3. The number of anilines is 1. The highest BCUT2D eigenvalue weighted by molar-refractivity contribution is 7.51. The topological polar surface area (TPSA) is 153 Å². The Hall–Kier alpha value is -3.42. The minimum absolute atomic E-state index is 0.0473. The molecule has 6 atom stereocenters. The van der Waals surface area contributed by atoms with Gasteiger partial charge in [0.1, 0.15) is 12.1 Å². The van der Waals surface area contributed by atoms with Gasteiger partial charge in [0.25, 0.3) is 5.91 Å². The predicted molar refractivity (Wildman–Crippen MR) is 176 cm³/mol. The Balaban J connectivity index is 0.929. The number of pyridine rings is 1. The van der Waals surface area contributed by atoms with Gasteiger partial charge in [-0.15, -0.1) is 11.3 Å². The van der Waals surface area contributed by atoms with E-state index >= 15 is 0 Å². The lowest BCUT2D eigenvalue weighted by Gasteiger charge is -2.49. The van der Waals surface area contributed by atoms with Crippen LogP contribution in [-0.4, -0.2) is 98.8 Å². The van der Waals surface area contributed by atoms with Gasteiger partial charge < -0.3 is 34.5 Å². The highest BCUT2D eigenvalue weighted by atomic mass is 32.1. The van der Waals surface area contributed by atoms with E-state index in [1.807, 2.05) is 17.3 Å². The van der Waals surface area contributed by atoms with E-state index in [0.717, 1.165) is 61.4 Å². The van der Waals surface area contributed by atoms with Gasteiger partial charge in [-0.1, -0.05) is 6.07 Å². The van der Waals surface area contributed by atoms with Crippen LogP contribution in [0, 0.1) is 0 Å². The minimum atomic E-state index is -4.98. The molecule has 254 valence electrons. The third-order valence-electron chi connectivity index (χ3n) is 10.6. The van der Waals surface area contributed by atoms with Gasteiger partial charge in [0.05, 0.1) is 17.1 Å². The average molecular weight is 698 g/mol. The molecule has 0 saturated carbocycles. The van der Waals surface area contributed by atoms with Gasteiger partial charge in [0.2, 0.25) is 17.7 Å². The van der Waals surface area contributed by atoms with Gasteiger partial charge in [0, 0.05) is 72.9 Å². The Morgan fingerprint density at radius 3 is 2.58 bits per heavy atom. The number of carbonyl (C=O) groups is 3. The molecular weight excluding hydrogens is 660 g/mol. The quantitative estimate of drug-likeness (QED) is 0.314. The smallest absolute Gasteiger partial charge is 0.363 e. The van der Waals surface area contributed by atoms with Crippen molar-refractivity contribution in [3.63, 3.8) is 0 Å². The number of nitrogens with zero attached hydrogens (tertiary/aromatic N) is 4. The van der Waals surface area contributed by atoms with E-state index in [1.165, 1.54) is 24.3 Å². The number of nitrogens with one attached hydrogen (secondary N) is 1. The lowest BCUT2D eigenvalue weighted by Crippen LogP contribution is -2.59. The fraction of sp³-hybridized carbons (Fsp3) is 0.515. The number of likely N-dealkylation sites (tertiary alicyclic amines) is 1. The number of fused-ring (bicyclic) bond motifs is 4. The third kappa shape index (κ3) is 5.71. The maximum Gasteiger partial charge on any atom is 0.363 e. The first-order valence-corrected chi connectivity index (χ1v) is 19.0. The summed E-state index contributed by atoms with van der Waals surface area (Å²) in [4.78, 5) is 70.3. The van der Waals surface area contributed by atoms with Crippen molar-refractivity contribution in [2.45, 2.75) is 80.7 Å². The van der Waals surface area contributed by atoms with Gasteiger partial charge in [-0.25, -0.2) is 4.39 Å². The Kier molecular flexibility index (Phi) is 8.07. The van der Waals surface area contributed by atoms with E-state index in [1.54, 1.807) is 4.90 Å². The number of halogens is 1. The van der Waals surface area contributed by atoms with Crippen molar-refractivity contribution in [1.82, 2.24) is 20.1 Å². The molecule has 9 rings (SSSR count). The summed E-state index contributed by atoms with van der Waals surface area (Å²) < 4.78 is 32.1. The molecule has 0 radical (unpaired) electrons. The summed E-state index contributed by atoms with van der Waals surface area (Å²) in [6, 6.07) is 6.34. The summed E-state index contributed by atoms with van der Waals surface area (Å²) in [7, 11) is -4.98. The van der Waals surface area contributed by atoms with Crippen LogP contribution in [0.2, 0.25) is 0 Å². The summed E-state index contributed by atoms with van der Waals surface area (Å²) >= 11 is 1.15. The van der Waals surface area contributed by atoms with E-state index < -0.39 is 31.5 Å². The van der Waals surface area contributed by atoms with E-state index in [0.29, 0.717) is 40.9 Å². The van der Waals surface area contributed by atoms with E-state index in [-0.39, 0.29) is 41.5 Å². The van der Waals surface area contributed by atoms with Crippen molar-refractivity contribution in [1.29, 1.82) is 0 Å². The van der Waals surface area contributed by atoms with Crippen molar-refractivity contribution in [3.05, 3.63) is 58.7 Å². The number of thiophene rings is 1. The zero-order valence-electron chi connectivity index (χ0n) is 26.1. The zero-order chi connectivity index (χ0) is 33.3. The van der Waals surface area contributed by atoms with Gasteiger partial charge in [-0.3, -0.25) is 23.9 Å². The Morgan fingerprint density at radius 1 is 1.06 bits per heavy atom. The normalized spacial score (nSPS) is 28.0. The largest absolute Gasteiger partial charge is 0.371 e. The van der Waals surface area contributed by atoms with Crippen molar-refractivity contribution >= 4 is 52.4 Å². The van der Waals surface area contributed by atoms with E-state index in [4.69, 9.17) is 4.74 Å². The SMILES string of the molecule is O=C(N[C@H]1CCC[C@H]2CC[C@@H](C(=O)N3CC(c4cnccc4N4CC5CC(C4)O5)C3)N2C1=O)c1cc2cc(C(F)P(=O)(O)O)ccc2s1. The number of ether oxygens (including phenoxy) is 1. The van der Waals surface area contributed by atoms with E-state index in [9.17, 15) is 33.1 Å². The lowest BCUT2D eigenvalue weighted by molar-refractivity contribution is -0.148. The van der Waals surface area contributed by atoms with Crippen LogP contribution in [0.1, 0.15) is 71.2 Å². The van der Waals surface area contributed by atoms with Crippen molar-refractivity contribution in [2.75, 3.05) is 31.1 Å². The van der Waals surface area contributed by atoms with Gasteiger partial charge >= 0.3 is 7.60 Å². The zero-order valence-corrected chi connectivity index (χ0v) is 27.8. The number of hydrogen-bond donors (Lipinski definition) is 3. The number of alkyl halides is 1. The van der Waals surface area contributed by atoms with Gasteiger partial charge in [-0.05, 0) is 67.3 Å². The number of hydrogen-bond acceptors (Lipinski definition) is 8. The highest BCUT2D eigenvalue weighted by Gasteiger charge is 2.48. The number of benzene rings is 1. The van der Waals surface area contributed by atoms with Crippen molar-refractivity contribution in [3.8, 4) is 0 Å². The van der Waals surface area contributed by atoms with Gasteiger partial charge in [-0.2, -0.15) is 0 Å². The van der Waals surface area contributed by atoms with Crippen LogP contribution in [0.4, 0.5) is 10.1 Å². The average Bonchev–Trinajstić information content (AvgIpc) is 3.63. The summed E-state index contributed by atoms with van der Waals surface area (Å²) in [5, 5.41) is 3.36.